The van der Waals surface area contributed by atoms with Crippen molar-refractivity contribution >= 4 is 5.91 Å². The standard InChI is InChI=1S/C16H16N6O3/c23-15(12-10-22(21-19-12)11-5-2-1-3-6-11)17-9-14-18-16(25-20-14)13-7-4-8-24-13/h1-3,5-6,10,13H,4,7-9H2,(H,17,23). The molecule has 0 bridgehead atoms. The molecule has 1 N–H and O–H groups in total. The zero-order chi connectivity index (χ0) is 17.1. The Balaban J connectivity index is 1.37. The molecule has 9 heteroatoms. The number of rotatable bonds is 5. The number of carbonyl (C=O) groups is 1. The lowest BCUT2D eigenvalue weighted by Gasteiger charge is -2.01. The van der Waals surface area contributed by atoms with Crippen molar-refractivity contribution < 1.29 is 14.1 Å². The molecule has 25 heavy (non-hydrogen) atoms. The molecule has 0 aliphatic carbocycles. The molecule has 0 spiro atoms. The second-order valence-electron chi connectivity index (χ2n) is 5.62. The maximum atomic E-state index is 12.2. The third kappa shape index (κ3) is 3.41. The molecule has 1 unspecified atom stereocenters. The molecule has 2 aromatic heterocycles. The summed E-state index contributed by atoms with van der Waals surface area (Å²) in [5.74, 6) is 0.497. The van der Waals surface area contributed by atoms with Crippen LogP contribution in [0.1, 0.15) is 41.1 Å². The fourth-order valence-electron chi connectivity index (χ4n) is 2.57. The van der Waals surface area contributed by atoms with Crippen LogP contribution in [-0.4, -0.2) is 37.6 Å². The first kappa shape index (κ1) is 15.5. The Morgan fingerprint density at radius 2 is 2.20 bits per heavy atom. The molecule has 1 atom stereocenters. The Hall–Kier alpha value is -3.07. The molecular formula is C16H16N6O3. The summed E-state index contributed by atoms with van der Waals surface area (Å²) in [6.45, 7) is 0.851. The van der Waals surface area contributed by atoms with Crippen molar-refractivity contribution in [2.45, 2.75) is 25.5 Å². The smallest absolute Gasteiger partial charge is 0.273 e. The van der Waals surface area contributed by atoms with Crippen molar-refractivity contribution in [1.29, 1.82) is 0 Å². The monoisotopic (exact) mass is 340 g/mol. The molecule has 1 aliphatic heterocycles. The van der Waals surface area contributed by atoms with E-state index in [9.17, 15) is 4.79 Å². The van der Waals surface area contributed by atoms with Gasteiger partial charge in [0.2, 0.25) is 0 Å². The molecule has 3 heterocycles. The van der Waals surface area contributed by atoms with Crippen molar-refractivity contribution in [3.05, 3.63) is 53.9 Å². The first-order valence-corrected chi connectivity index (χ1v) is 7.99. The zero-order valence-corrected chi connectivity index (χ0v) is 13.3. The van der Waals surface area contributed by atoms with Crippen LogP contribution in [0.2, 0.25) is 0 Å². The van der Waals surface area contributed by atoms with Gasteiger partial charge in [-0.3, -0.25) is 4.79 Å². The minimum Gasteiger partial charge on any atom is -0.368 e. The van der Waals surface area contributed by atoms with E-state index in [1.54, 1.807) is 10.9 Å². The average molecular weight is 340 g/mol. The number of hydrogen-bond acceptors (Lipinski definition) is 7. The van der Waals surface area contributed by atoms with E-state index >= 15 is 0 Å². The number of carbonyl (C=O) groups excluding carboxylic acids is 1. The summed E-state index contributed by atoms with van der Waals surface area (Å²) < 4.78 is 12.2. The minimum absolute atomic E-state index is 0.136. The summed E-state index contributed by atoms with van der Waals surface area (Å²) in [6.07, 6.45) is 3.29. The van der Waals surface area contributed by atoms with Crippen molar-refractivity contribution in [1.82, 2.24) is 30.5 Å². The number of nitrogens with zero attached hydrogens (tertiary/aromatic N) is 5. The third-order valence-electron chi connectivity index (χ3n) is 3.84. The number of nitrogens with one attached hydrogen (secondary N) is 1. The zero-order valence-electron chi connectivity index (χ0n) is 13.3. The summed E-state index contributed by atoms with van der Waals surface area (Å²) in [5.41, 5.74) is 1.04. The summed E-state index contributed by atoms with van der Waals surface area (Å²) in [7, 11) is 0. The number of aromatic nitrogens is 5. The van der Waals surface area contributed by atoms with Crippen LogP contribution in [0.15, 0.2) is 41.1 Å². The summed E-state index contributed by atoms with van der Waals surface area (Å²) in [6, 6.07) is 9.44. The Bertz CT molecular complexity index is 854. The molecule has 1 aromatic carbocycles. The van der Waals surface area contributed by atoms with Crippen LogP contribution in [0.5, 0.6) is 0 Å². The highest BCUT2D eigenvalue weighted by atomic mass is 16.5. The van der Waals surface area contributed by atoms with E-state index in [0.717, 1.165) is 18.5 Å². The van der Waals surface area contributed by atoms with Gasteiger partial charge in [0.1, 0.15) is 6.10 Å². The Labute approximate surface area is 143 Å². The maximum absolute atomic E-state index is 12.2. The molecule has 9 nitrogen and oxygen atoms in total. The van der Waals surface area contributed by atoms with Crippen molar-refractivity contribution in [2.75, 3.05) is 6.61 Å². The first-order valence-electron chi connectivity index (χ1n) is 7.99. The molecule has 1 saturated heterocycles. The number of amides is 1. The maximum Gasteiger partial charge on any atom is 0.273 e. The van der Waals surface area contributed by atoms with Crippen LogP contribution in [-0.2, 0) is 11.3 Å². The highest BCUT2D eigenvalue weighted by Gasteiger charge is 2.24. The molecule has 128 valence electrons. The van der Waals surface area contributed by atoms with Gasteiger partial charge >= 0.3 is 0 Å². The second-order valence-corrected chi connectivity index (χ2v) is 5.62. The highest BCUT2D eigenvalue weighted by molar-refractivity contribution is 5.91. The van der Waals surface area contributed by atoms with Crippen molar-refractivity contribution in [3.63, 3.8) is 0 Å². The van der Waals surface area contributed by atoms with Gasteiger partial charge in [0.05, 0.1) is 18.4 Å². The fourth-order valence-corrected chi connectivity index (χ4v) is 2.57. The van der Waals surface area contributed by atoms with Gasteiger partial charge in [0, 0.05) is 6.61 Å². The van der Waals surface area contributed by atoms with Gasteiger partial charge in [0.25, 0.3) is 11.8 Å². The van der Waals surface area contributed by atoms with E-state index in [1.807, 2.05) is 30.3 Å². The Morgan fingerprint density at radius 1 is 1.32 bits per heavy atom. The van der Waals surface area contributed by atoms with Gasteiger partial charge < -0.3 is 14.6 Å². The summed E-state index contributed by atoms with van der Waals surface area (Å²) >= 11 is 0. The van der Waals surface area contributed by atoms with Crippen LogP contribution in [0.3, 0.4) is 0 Å². The van der Waals surface area contributed by atoms with Gasteiger partial charge in [0.15, 0.2) is 11.5 Å². The molecule has 1 aliphatic rings. The van der Waals surface area contributed by atoms with Crippen LogP contribution >= 0.6 is 0 Å². The molecule has 1 fully saturated rings. The lowest BCUT2D eigenvalue weighted by molar-refractivity contribution is 0.0835. The molecular weight excluding hydrogens is 324 g/mol. The van der Waals surface area contributed by atoms with Crippen LogP contribution < -0.4 is 5.32 Å². The average Bonchev–Trinajstić information content (AvgIpc) is 3.41. The predicted octanol–water partition coefficient (Wildman–Crippen LogP) is 1.43. The van der Waals surface area contributed by atoms with E-state index in [2.05, 4.69) is 25.8 Å². The highest BCUT2D eigenvalue weighted by Crippen LogP contribution is 2.26. The van der Waals surface area contributed by atoms with Gasteiger partial charge in [-0.1, -0.05) is 28.6 Å². The van der Waals surface area contributed by atoms with Crippen molar-refractivity contribution in [3.8, 4) is 5.69 Å². The molecule has 0 radical (unpaired) electrons. The largest absolute Gasteiger partial charge is 0.368 e. The van der Waals surface area contributed by atoms with Crippen LogP contribution in [0.25, 0.3) is 5.69 Å². The van der Waals surface area contributed by atoms with Gasteiger partial charge in [-0.15, -0.1) is 5.10 Å². The summed E-state index contributed by atoms with van der Waals surface area (Å²) in [5, 5.41) is 14.4. The van der Waals surface area contributed by atoms with E-state index < -0.39 is 0 Å². The lowest BCUT2D eigenvalue weighted by atomic mass is 10.2. The van der Waals surface area contributed by atoms with E-state index in [-0.39, 0.29) is 24.2 Å². The minimum atomic E-state index is -0.356. The number of ether oxygens (including phenoxy) is 1. The quantitative estimate of drug-likeness (QED) is 0.748. The third-order valence-corrected chi connectivity index (χ3v) is 3.84. The van der Waals surface area contributed by atoms with E-state index in [0.29, 0.717) is 18.3 Å². The fraction of sp³-hybridized carbons (Fsp3) is 0.312. The Kier molecular flexibility index (Phi) is 4.21. The van der Waals surface area contributed by atoms with E-state index in [4.69, 9.17) is 9.26 Å². The lowest BCUT2D eigenvalue weighted by Crippen LogP contribution is -2.23. The first-order chi connectivity index (χ1) is 12.3. The molecule has 4 rings (SSSR count). The normalized spacial score (nSPS) is 16.9. The van der Waals surface area contributed by atoms with Crippen molar-refractivity contribution in [2.24, 2.45) is 0 Å². The number of para-hydroxylation sites is 1. The molecule has 1 amide bonds. The van der Waals surface area contributed by atoms with Gasteiger partial charge in [-0.05, 0) is 25.0 Å². The van der Waals surface area contributed by atoms with Gasteiger partial charge in [-0.2, -0.15) is 4.98 Å². The SMILES string of the molecule is O=C(NCc1noc(C2CCCO2)n1)c1cn(-c2ccccc2)nn1. The summed E-state index contributed by atoms with van der Waals surface area (Å²) in [4.78, 5) is 16.4. The number of hydrogen-bond donors (Lipinski definition) is 1. The number of benzene rings is 1. The Morgan fingerprint density at radius 3 is 3.00 bits per heavy atom. The molecule has 0 saturated carbocycles. The molecule has 3 aromatic rings. The predicted molar refractivity (Wildman–Crippen MR) is 84.8 cm³/mol. The van der Waals surface area contributed by atoms with E-state index in [1.165, 1.54) is 0 Å². The second kappa shape index (κ2) is 6.81. The van der Waals surface area contributed by atoms with Crippen LogP contribution in [0.4, 0.5) is 0 Å². The topological polar surface area (TPSA) is 108 Å². The van der Waals surface area contributed by atoms with Gasteiger partial charge in [-0.25, -0.2) is 4.68 Å². The van der Waals surface area contributed by atoms with Crippen LogP contribution in [0, 0.1) is 0 Å².